The molecular weight excluding hydrogens is 286 g/mol. The maximum Gasteiger partial charge on any atom is 0.307 e. The molecule has 116 valence electrons. The maximum atomic E-state index is 12.3. The van der Waals surface area contributed by atoms with Gasteiger partial charge in [-0.25, -0.2) is 0 Å². The number of ether oxygens (including phenoxy) is 1. The normalized spacial score (nSPS) is 22.3. The molecule has 1 saturated carbocycles. The Morgan fingerprint density at radius 2 is 2.09 bits per heavy atom. The van der Waals surface area contributed by atoms with E-state index in [1.54, 1.807) is 39.2 Å². The van der Waals surface area contributed by atoms with Crippen LogP contribution in [0.3, 0.4) is 0 Å². The van der Waals surface area contributed by atoms with Crippen molar-refractivity contribution in [3.63, 3.8) is 0 Å². The van der Waals surface area contributed by atoms with E-state index in [9.17, 15) is 9.59 Å². The number of aliphatic carboxylic acids is 1. The van der Waals surface area contributed by atoms with E-state index in [2.05, 4.69) is 15.5 Å². The smallest absolute Gasteiger partial charge is 0.307 e. The van der Waals surface area contributed by atoms with E-state index in [0.29, 0.717) is 11.6 Å². The number of nitrogens with one attached hydrogen (secondary N) is 2. The summed E-state index contributed by atoms with van der Waals surface area (Å²) in [6, 6.07) is 5.34. The van der Waals surface area contributed by atoms with E-state index < -0.39 is 23.2 Å². The lowest BCUT2D eigenvalue weighted by molar-refractivity contribution is -0.140. The number of hydrogen-bond donors (Lipinski definition) is 3. The van der Waals surface area contributed by atoms with Crippen LogP contribution in [0.4, 0.5) is 5.82 Å². The molecule has 0 unspecified atom stereocenters. The minimum Gasteiger partial charge on any atom is -0.497 e. The van der Waals surface area contributed by atoms with Gasteiger partial charge in [0.05, 0.1) is 24.5 Å². The molecule has 22 heavy (non-hydrogen) atoms. The zero-order valence-corrected chi connectivity index (χ0v) is 12.5. The predicted molar refractivity (Wildman–Crippen MR) is 79.7 cm³/mol. The monoisotopic (exact) mass is 303 g/mol. The highest BCUT2D eigenvalue weighted by molar-refractivity contribution is 6.04. The number of hydrogen-bond acceptors (Lipinski definition) is 4. The zero-order chi connectivity index (χ0) is 16.1. The number of nitrogens with zero attached hydrogens (tertiary/aromatic N) is 1. The molecule has 0 saturated heterocycles. The van der Waals surface area contributed by atoms with Crippen molar-refractivity contribution < 1.29 is 19.4 Å². The van der Waals surface area contributed by atoms with Crippen LogP contribution in [-0.4, -0.2) is 34.3 Å². The van der Waals surface area contributed by atoms with E-state index in [0.717, 1.165) is 10.9 Å². The van der Waals surface area contributed by atoms with E-state index in [4.69, 9.17) is 9.84 Å². The second-order valence-corrected chi connectivity index (χ2v) is 6.09. The van der Waals surface area contributed by atoms with Crippen LogP contribution in [0.25, 0.3) is 10.9 Å². The lowest BCUT2D eigenvalue weighted by Crippen LogP contribution is -2.18. The largest absolute Gasteiger partial charge is 0.497 e. The Morgan fingerprint density at radius 1 is 1.36 bits per heavy atom. The fraction of sp³-hybridized carbons (Fsp3) is 0.400. The van der Waals surface area contributed by atoms with Gasteiger partial charge in [-0.1, -0.05) is 13.8 Å². The highest BCUT2D eigenvalue weighted by Crippen LogP contribution is 2.58. The second kappa shape index (κ2) is 4.72. The van der Waals surface area contributed by atoms with Crippen molar-refractivity contribution in [3.05, 3.63) is 18.2 Å². The van der Waals surface area contributed by atoms with Gasteiger partial charge in [0.15, 0.2) is 5.82 Å². The molecule has 0 bridgehead atoms. The Labute approximate surface area is 126 Å². The first-order valence-corrected chi connectivity index (χ1v) is 6.92. The number of rotatable bonds is 4. The topological polar surface area (TPSA) is 104 Å². The van der Waals surface area contributed by atoms with E-state index in [1.165, 1.54) is 0 Å². The van der Waals surface area contributed by atoms with Crippen molar-refractivity contribution in [2.75, 3.05) is 12.4 Å². The molecule has 1 aromatic carbocycles. The fourth-order valence-corrected chi connectivity index (χ4v) is 3.00. The third-order valence-electron chi connectivity index (χ3n) is 4.39. The van der Waals surface area contributed by atoms with E-state index >= 15 is 0 Å². The molecule has 2 aromatic rings. The van der Waals surface area contributed by atoms with Crippen LogP contribution in [0.2, 0.25) is 0 Å². The van der Waals surface area contributed by atoms with E-state index in [1.807, 2.05) is 0 Å². The van der Waals surface area contributed by atoms with Crippen LogP contribution < -0.4 is 10.1 Å². The molecule has 1 aromatic heterocycles. The molecule has 1 amide bonds. The lowest BCUT2D eigenvalue weighted by Gasteiger charge is -2.04. The second-order valence-electron chi connectivity index (χ2n) is 6.09. The average molecular weight is 303 g/mol. The summed E-state index contributed by atoms with van der Waals surface area (Å²) in [6.45, 7) is 3.56. The first-order valence-electron chi connectivity index (χ1n) is 6.92. The summed E-state index contributed by atoms with van der Waals surface area (Å²) >= 11 is 0. The van der Waals surface area contributed by atoms with Gasteiger partial charge in [0.2, 0.25) is 5.91 Å². The van der Waals surface area contributed by atoms with Gasteiger partial charge in [0.25, 0.3) is 0 Å². The summed E-state index contributed by atoms with van der Waals surface area (Å²) in [7, 11) is 1.57. The molecule has 7 nitrogen and oxygen atoms in total. The Kier molecular flexibility index (Phi) is 3.09. The number of H-pyrrole nitrogens is 1. The minimum atomic E-state index is -0.943. The Morgan fingerprint density at radius 3 is 2.68 bits per heavy atom. The van der Waals surface area contributed by atoms with Gasteiger partial charge in [0, 0.05) is 11.5 Å². The SMILES string of the molecule is COc1ccc2c(NC(=O)[C@@H]3[C@H](C(=O)O)C3(C)C)n[nH]c2c1. The maximum absolute atomic E-state index is 12.3. The number of carbonyl (C=O) groups excluding carboxylic acids is 1. The number of anilines is 1. The number of benzene rings is 1. The van der Waals surface area contributed by atoms with Gasteiger partial charge in [-0.15, -0.1) is 0 Å². The van der Waals surface area contributed by atoms with Gasteiger partial charge in [-0.05, 0) is 17.5 Å². The number of carboxylic acids is 1. The third-order valence-corrected chi connectivity index (χ3v) is 4.39. The van der Waals surface area contributed by atoms with Crippen LogP contribution in [-0.2, 0) is 9.59 Å². The van der Waals surface area contributed by atoms with Crippen molar-refractivity contribution >= 4 is 28.6 Å². The third kappa shape index (κ3) is 2.09. The summed E-state index contributed by atoms with van der Waals surface area (Å²) < 4.78 is 5.13. The van der Waals surface area contributed by atoms with Crippen molar-refractivity contribution in [3.8, 4) is 5.75 Å². The number of aromatic nitrogens is 2. The molecular formula is C15H17N3O4. The molecule has 0 aliphatic heterocycles. The highest BCUT2D eigenvalue weighted by Gasteiger charge is 2.66. The zero-order valence-electron chi connectivity index (χ0n) is 12.5. The summed E-state index contributed by atoms with van der Waals surface area (Å²) in [4.78, 5) is 23.5. The number of aromatic amines is 1. The van der Waals surface area contributed by atoms with E-state index in [-0.39, 0.29) is 5.91 Å². The molecule has 2 atom stereocenters. The fourth-order valence-electron chi connectivity index (χ4n) is 3.00. The molecule has 1 aliphatic carbocycles. The van der Waals surface area contributed by atoms with Crippen LogP contribution >= 0.6 is 0 Å². The number of carboxylic acid groups (broad SMARTS) is 1. The van der Waals surface area contributed by atoms with Gasteiger partial charge < -0.3 is 15.2 Å². The average Bonchev–Trinajstić information content (AvgIpc) is 2.85. The summed E-state index contributed by atoms with van der Waals surface area (Å²) in [5, 5.41) is 19.5. The molecule has 1 heterocycles. The van der Waals surface area contributed by atoms with Gasteiger partial charge in [0.1, 0.15) is 5.75 Å². The van der Waals surface area contributed by atoms with Crippen molar-refractivity contribution in [2.24, 2.45) is 17.3 Å². The minimum absolute atomic E-state index is 0.318. The van der Waals surface area contributed by atoms with Crippen LogP contribution in [0, 0.1) is 17.3 Å². The Bertz CT molecular complexity index is 765. The van der Waals surface area contributed by atoms with Crippen LogP contribution in [0.15, 0.2) is 18.2 Å². The molecule has 0 spiro atoms. The number of fused-ring (bicyclic) bond motifs is 1. The first kappa shape index (κ1) is 14.4. The summed E-state index contributed by atoms with van der Waals surface area (Å²) in [6.07, 6.45) is 0. The summed E-state index contributed by atoms with van der Waals surface area (Å²) in [5.74, 6) is -1.38. The van der Waals surface area contributed by atoms with Crippen molar-refractivity contribution in [2.45, 2.75) is 13.8 Å². The predicted octanol–water partition coefficient (Wildman–Crippen LogP) is 1.87. The lowest BCUT2D eigenvalue weighted by atomic mass is 10.1. The molecule has 0 radical (unpaired) electrons. The number of amides is 1. The first-order chi connectivity index (χ1) is 10.4. The molecule has 3 rings (SSSR count). The van der Waals surface area contributed by atoms with Crippen molar-refractivity contribution in [1.29, 1.82) is 0 Å². The Balaban J connectivity index is 1.82. The van der Waals surface area contributed by atoms with Gasteiger partial charge in [-0.3, -0.25) is 14.7 Å². The van der Waals surface area contributed by atoms with Crippen LogP contribution in [0.1, 0.15) is 13.8 Å². The number of carbonyl (C=O) groups is 2. The molecule has 3 N–H and O–H groups in total. The molecule has 1 aliphatic rings. The summed E-state index contributed by atoms with van der Waals surface area (Å²) in [5.41, 5.74) is 0.199. The van der Waals surface area contributed by atoms with Crippen molar-refractivity contribution in [1.82, 2.24) is 10.2 Å². The number of methoxy groups -OCH3 is 1. The highest BCUT2D eigenvalue weighted by atomic mass is 16.5. The standard InChI is InChI=1S/C15H17N3O4/c1-15(2)10(11(15)14(20)21)13(19)16-12-8-5-4-7(22-3)6-9(8)17-18-12/h4-6,10-11H,1-3H3,(H,20,21)(H2,16,17,18,19)/t10-,11+/m0/s1. The van der Waals surface area contributed by atoms with Crippen LogP contribution in [0.5, 0.6) is 5.75 Å². The van der Waals surface area contributed by atoms with Gasteiger partial charge >= 0.3 is 5.97 Å². The Hall–Kier alpha value is -2.57. The molecule has 7 heteroatoms. The quantitative estimate of drug-likeness (QED) is 0.799. The van der Waals surface area contributed by atoms with Gasteiger partial charge in [-0.2, -0.15) is 5.10 Å². The molecule has 1 fully saturated rings.